The topological polar surface area (TPSA) is 9.23 Å². The third kappa shape index (κ3) is 5.95. The van der Waals surface area contributed by atoms with Gasteiger partial charge in [0.05, 0.1) is 0 Å². The van der Waals surface area contributed by atoms with Crippen LogP contribution in [0.4, 0.5) is 0 Å². The quantitative estimate of drug-likeness (QED) is 0.158. The molecule has 1 aliphatic rings. The van der Waals surface area contributed by atoms with Crippen molar-refractivity contribution in [2.45, 2.75) is 18.3 Å². The lowest BCUT2D eigenvalue weighted by Crippen LogP contribution is -2.37. The van der Waals surface area contributed by atoms with Crippen LogP contribution < -0.4 is 4.74 Å². The van der Waals surface area contributed by atoms with Gasteiger partial charge < -0.3 is 4.74 Å². The van der Waals surface area contributed by atoms with E-state index in [1.807, 2.05) is 0 Å². The molecular formula is C57H40O. The van der Waals surface area contributed by atoms with E-state index in [1.54, 1.807) is 0 Å². The summed E-state index contributed by atoms with van der Waals surface area (Å²) in [7, 11) is 0. The molecule has 274 valence electrons. The van der Waals surface area contributed by atoms with Gasteiger partial charge in [-0.1, -0.05) is 194 Å². The molecule has 1 heteroatoms. The Hall–Kier alpha value is -7.22. The maximum absolute atomic E-state index is 6.95. The Labute approximate surface area is 339 Å². The Morgan fingerprint density at radius 2 is 0.655 bits per heavy atom. The fourth-order valence-corrected chi connectivity index (χ4v) is 9.51. The first-order chi connectivity index (χ1) is 28.7. The first-order valence-electron chi connectivity index (χ1n) is 20.2. The van der Waals surface area contributed by atoms with E-state index in [4.69, 9.17) is 4.74 Å². The van der Waals surface area contributed by atoms with Crippen molar-refractivity contribution in [2.24, 2.45) is 0 Å². The predicted octanol–water partition coefficient (Wildman–Crippen LogP) is 15.0. The molecule has 10 aromatic rings. The lowest BCUT2D eigenvalue weighted by Gasteiger charge is -2.42. The van der Waals surface area contributed by atoms with Crippen LogP contribution in [0.25, 0.3) is 65.7 Å². The second-order valence-corrected chi connectivity index (χ2v) is 15.8. The molecule has 58 heavy (non-hydrogen) atoms. The van der Waals surface area contributed by atoms with E-state index in [-0.39, 0.29) is 0 Å². The summed E-state index contributed by atoms with van der Waals surface area (Å²) in [6, 6.07) is 79.9. The fourth-order valence-electron chi connectivity index (χ4n) is 9.51. The van der Waals surface area contributed by atoms with Crippen molar-refractivity contribution in [2.75, 3.05) is 0 Å². The molecule has 11 rings (SSSR count). The van der Waals surface area contributed by atoms with Crippen LogP contribution in [-0.2, 0) is 18.3 Å². The lowest BCUT2D eigenvalue weighted by atomic mass is 9.63. The summed E-state index contributed by atoms with van der Waals surface area (Å²) in [5, 5.41) is 7.41. The van der Waals surface area contributed by atoms with Gasteiger partial charge in [0.25, 0.3) is 0 Å². The summed E-state index contributed by atoms with van der Waals surface area (Å²) >= 11 is 0. The number of fused-ring (bicyclic) bond motifs is 7. The molecule has 0 unspecified atom stereocenters. The third-order valence-corrected chi connectivity index (χ3v) is 12.3. The number of rotatable bonds is 7. The van der Waals surface area contributed by atoms with Crippen LogP contribution in [0, 0.1) is 0 Å². The maximum Gasteiger partial charge on any atom is 0.132 e. The molecular weight excluding hydrogens is 701 g/mol. The van der Waals surface area contributed by atoms with Crippen molar-refractivity contribution >= 4 is 32.3 Å². The van der Waals surface area contributed by atoms with Crippen LogP contribution in [-0.4, -0.2) is 0 Å². The van der Waals surface area contributed by atoms with Gasteiger partial charge in [0.15, 0.2) is 0 Å². The zero-order valence-corrected chi connectivity index (χ0v) is 32.1. The van der Waals surface area contributed by atoms with Gasteiger partial charge in [-0.05, 0) is 114 Å². The number of ether oxygens (including phenoxy) is 1. The minimum absolute atomic E-state index is 0.445. The summed E-state index contributed by atoms with van der Waals surface area (Å²) in [4.78, 5) is 0. The SMILES string of the molecule is c1ccc(-c2ccc(CC3(Cc4ccc(-c5ccc6cc(-c7ccccc7)ccc6c5)cc4)c4c(ccc5ccccc45)Oc4ccc5ccccc5c43)cc2)cc1. The van der Waals surface area contributed by atoms with Gasteiger partial charge in [-0.2, -0.15) is 0 Å². The minimum Gasteiger partial charge on any atom is -0.457 e. The number of benzene rings is 10. The van der Waals surface area contributed by atoms with Crippen LogP contribution in [0.3, 0.4) is 0 Å². The number of hydrogen-bond donors (Lipinski definition) is 0. The standard InChI is InChI=1S/C57H40O/c1-3-11-41(12-4-1)43-23-19-39(20-24-43)37-57(55-51-17-9-7-15-45(51)31-33-53(55)58-54-34-32-46-16-8-10-18-52(46)56(54)57)38-40-21-25-44(26-22-40)48-28-30-49-35-47(27-29-50(49)36-48)42-13-5-2-6-14-42/h1-36H,37-38H2. The van der Waals surface area contributed by atoms with Gasteiger partial charge in [0.1, 0.15) is 11.5 Å². The molecule has 0 N–H and O–H groups in total. The molecule has 0 saturated heterocycles. The first-order valence-corrected chi connectivity index (χ1v) is 20.2. The van der Waals surface area contributed by atoms with Crippen LogP contribution in [0.2, 0.25) is 0 Å². The Bertz CT molecular complexity index is 3020. The van der Waals surface area contributed by atoms with Crippen molar-refractivity contribution < 1.29 is 4.74 Å². The Balaban J connectivity index is 1.05. The zero-order valence-electron chi connectivity index (χ0n) is 32.1. The highest BCUT2D eigenvalue weighted by Gasteiger charge is 2.45. The first kappa shape index (κ1) is 34.1. The Morgan fingerprint density at radius 1 is 0.293 bits per heavy atom. The number of hydrogen-bond acceptors (Lipinski definition) is 1. The van der Waals surface area contributed by atoms with Crippen LogP contribution in [0.15, 0.2) is 218 Å². The average Bonchev–Trinajstić information content (AvgIpc) is 3.29. The van der Waals surface area contributed by atoms with Gasteiger partial charge >= 0.3 is 0 Å². The third-order valence-electron chi connectivity index (χ3n) is 12.3. The predicted molar refractivity (Wildman–Crippen MR) is 243 cm³/mol. The molecule has 0 saturated carbocycles. The summed E-state index contributed by atoms with van der Waals surface area (Å²) in [6.45, 7) is 0. The van der Waals surface area contributed by atoms with Crippen LogP contribution in [0.5, 0.6) is 11.5 Å². The summed E-state index contributed by atoms with van der Waals surface area (Å²) in [6.07, 6.45) is 1.61. The molecule has 0 spiro atoms. The van der Waals surface area contributed by atoms with Crippen molar-refractivity contribution in [3.8, 4) is 44.9 Å². The molecule has 0 amide bonds. The highest BCUT2D eigenvalue weighted by Crippen LogP contribution is 2.56. The molecule has 1 aliphatic heterocycles. The molecule has 0 radical (unpaired) electrons. The van der Waals surface area contributed by atoms with E-state index in [9.17, 15) is 0 Å². The van der Waals surface area contributed by atoms with Gasteiger partial charge in [-0.25, -0.2) is 0 Å². The van der Waals surface area contributed by atoms with Crippen LogP contribution >= 0.6 is 0 Å². The van der Waals surface area contributed by atoms with E-state index in [0.717, 1.165) is 24.3 Å². The molecule has 0 aliphatic carbocycles. The maximum atomic E-state index is 6.95. The van der Waals surface area contributed by atoms with E-state index in [0.29, 0.717) is 0 Å². The second kappa shape index (κ2) is 14.1. The Morgan fingerprint density at radius 3 is 1.14 bits per heavy atom. The largest absolute Gasteiger partial charge is 0.457 e. The average molecular weight is 741 g/mol. The van der Waals surface area contributed by atoms with Crippen molar-refractivity contribution in [1.82, 2.24) is 0 Å². The highest BCUT2D eigenvalue weighted by molar-refractivity contribution is 5.96. The molecule has 0 aromatic heterocycles. The summed E-state index contributed by atoms with van der Waals surface area (Å²) < 4.78 is 6.95. The highest BCUT2D eigenvalue weighted by atomic mass is 16.5. The molecule has 0 bridgehead atoms. The van der Waals surface area contributed by atoms with Crippen LogP contribution in [0.1, 0.15) is 22.3 Å². The normalized spacial score (nSPS) is 12.9. The van der Waals surface area contributed by atoms with E-state index >= 15 is 0 Å². The van der Waals surface area contributed by atoms with Gasteiger partial charge in [-0.15, -0.1) is 0 Å². The lowest BCUT2D eigenvalue weighted by molar-refractivity contribution is 0.391. The fraction of sp³-hybridized carbons (Fsp3) is 0.0526. The van der Waals surface area contributed by atoms with E-state index in [2.05, 4.69) is 218 Å². The smallest absolute Gasteiger partial charge is 0.132 e. The van der Waals surface area contributed by atoms with Crippen molar-refractivity contribution in [1.29, 1.82) is 0 Å². The molecule has 0 fully saturated rings. The molecule has 1 heterocycles. The van der Waals surface area contributed by atoms with Gasteiger partial charge in [0, 0.05) is 16.5 Å². The molecule has 1 nitrogen and oxygen atoms in total. The van der Waals surface area contributed by atoms with E-state index < -0.39 is 5.41 Å². The summed E-state index contributed by atoms with van der Waals surface area (Å²) in [5.41, 5.74) is 12.0. The summed E-state index contributed by atoms with van der Waals surface area (Å²) in [5.74, 6) is 1.87. The molecule has 0 atom stereocenters. The monoisotopic (exact) mass is 740 g/mol. The van der Waals surface area contributed by atoms with Gasteiger partial charge in [0.2, 0.25) is 0 Å². The Kier molecular flexibility index (Phi) is 8.26. The van der Waals surface area contributed by atoms with Gasteiger partial charge in [-0.3, -0.25) is 0 Å². The second-order valence-electron chi connectivity index (χ2n) is 15.8. The molecule has 10 aromatic carbocycles. The van der Waals surface area contributed by atoms with E-state index in [1.165, 1.54) is 88.0 Å². The van der Waals surface area contributed by atoms with Crippen molar-refractivity contribution in [3.05, 3.63) is 241 Å². The minimum atomic E-state index is -0.445. The van der Waals surface area contributed by atoms with Crippen molar-refractivity contribution in [3.63, 3.8) is 0 Å². The zero-order chi connectivity index (χ0) is 38.5.